The highest BCUT2D eigenvalue weighted by Gasteiger charge is 2.20. The van der Waals surface area contributed by atoms with Gasteiger partial charge in [-0.3, -0.25) is 0 Å². The first-order valence-corrected chi connectivity index (χ1v) is 7.23. The third-order valence-corrected chi connectivity index (χ3v) is 3.73. The molecular formula is C15H18FN5O. The highest BCUT2D eigenvalue weighted by molar-refractivity contribution is 5.41. The maximum absolute atomic E-state index is 12.9. The molecule has 1 fully saturated rings. The quantitative estimate of drug-likeness (QED) is 0.933. The van der Waals surface area contributed by atoms with Gasteiger partial charge < -0.3 is 15.0 Å². The Morgan fingerprint density at radius 2 is 2.05 bits per heavy atom. The van der Waals surface area contributed by atoms with Crippen molar-refractivity contribution in [3.8, 4) is 5.88 Å². The first-order chi connectivity index (χ1) is 10.7. The first kappa shape index (κ1) is 14.5. The van der Waals surface area contributed by atoms with Gasteiger partial charge in [0.05, 0.1) is 13.3 Å². The fraction of sp³-hybridized carbons (Fsp3) is 0.400. The molecule has 1 N–H and O–H groups in total. The lowest BCUT2D eigenvalue weighted by Crippen LogP contribution is -2.39. The van der Waals surface area contributed by atoms with Crippen LogP contribution < -0.4 is 15.0 Å². The molecule has 2 aromatic heterocycles. The molecule has 6 nitrogen and oxygen atoms in total. The lowest BCUT2D eigenvalue weighted by Gasteiger charge is -2.33. The van der Waals surface area contributed by atoms with Crippen molar-refractivity contribution in [2.24, 2.45) is 0 Å². The van der Waals surface area contributed by atoms with E-state index >= 15 is 0 Å². The van der Waals surface area contributed by atoms with Crippen LogP contribution in [0.15, 0.2) is 30.7 Å². The topological polar surface area (TPSA) is 63.2 Å². The number of nitrogens with zero attached hydrogens (tertiary/aromatic N) is 4. The van der Waals surface area contributed by atoms with Crippen LogP contribution in [0.5, 0.6) is 5.88 Å². The van der Waals surface area contributed by atoms with E-state index in [1.807, 2.05) is 0 Å². The minimum atomic E-state index is -0.307. The molecule has 3 rings (SSSR count). The van der Waals surface area contributed by atoms with Crippen LogP contribution in [0.4, 0.5) is 16.0 Å². The molecule has 0 atom stereocenters. The Hall–Kier alpha value is -2.44. The predicted molar refractivity (Wildman–Crippen MR) is 81.6 cm³/mol. The molecule has 22 heavy (non-hydrogen) atoms. The summed E-state index contributed by atoms with van der Waals surface area (Å²) < 4.78 is 18.0. The van der Waals surface area contributed by atoms with Crippen LogP contribution in [0.2, 0.25) is 0 Å². The molecule has 0 radical (unpaired) electrons. The van der Waals surface area contributed by atoms with Crippen molar-refractivity contribution in [3.05, 3.63) is 36.5 Å². The molecule has 0 unspecified atom stereocenters. The maximum Gasteiger partial charge on any atom is 0.218 e. The third kappa shape index (κ3) is 3.41. The van der Waals surface area contributed by atoms with Gasteiger partial charge in [0.1, 0.15) is 23.8 Å². The first-order valence-electron chi connectivity index (χ1n) is 7.23. The lowest BCUT2D eigenvalue weighted by atomic mass is 10.1. The highest BCUT2D eigenvalue weighted by Crippen LogP contribution is 2.20. The van der Waals surface area contributed by atoms with Crippen molar-refractivity contribution in [2.75, 3.05) is 30.4 Å². The molecule has 0 saturated carbocycles. The molecular weight excluding hydrogens is 285 g/mol. The van der Waals surface area contributed by atoms with E-state index in [1.54, 1.807) is 19.2 Å². The summed E-state index contributed by atoms with van der Waals surface area (Å²) in [5.74, 6) is 1.83. The summed E-state index contributed by atoms with van der Waals surface area (Å²) in [5, 5.41) is 3.40. The molecule has 0 amide bonds. The smallest absolute Gasteiger partial charge is 0.218 e. The van der Waals surface area contributed by atoms with Gasteiger partial charge in [-0.15, -0.1) is 0 Å². The molecule has 0 aliphatic carbocycles. The number of rotatable bonds is 4. The van der Waals surface area contributed by atoms with Gasteiger partial charge >= 0.3 is 0 Å². The normalized spacial score (nSPS) is 15.6. The number of ether oxygens (including phenoxy) is 1. The number of methoxy groups -OCH3 is 1. The minimum absolute atomic E-state index is 0.307. The van der Waals surface area contributed by atoms with Crippen molar-refractivity contribution in [1.29, 1.82) is 0 Å². The fourth-order valence-corrected chi connectivity index (χ4v) is 2.55. The number of nitrogens with one attached hydrogen (secondary N) is 1. The number of pyridine rings is 1. The molecule has 116 valence electrons. The van der Waals surface area contributed by atoms with Crippen molar-refractivity contribution in [1.82, 2.24) is 15.0 Å². The second-order valence-electron chi connectivity index (χ2n) is 5.19. The zero-order valence-electron chi connectivity index (χ0n) is 12.4. The van der Waals surface area contributed by atoms with Gasteiger partial charge in [0.25, 0.3) is 0 Å². The molecule has 0 bridgehead atoms. The van der Waals surface area contributed by atoms with E-state index in [0.717, 1.165) is 37.6 Å². The summed E-state index contributed by atoms with van der Waals surface area (Å²) in [4.78, 5) is 14.5. The van der Waals surface area contributed by atoms with E-state index in [1.165, 1.54) is 18.6 Å². The van der Waals surface area contributed by atoms with Crippen LogP contribution in [0.1, 0.15) is 12.8 Å². The third-order valence-electron chi connectivity index (χ3n) is 3.73. The summed E-state index contributed by atoms with van der Waals surface area (Å²) in [6.45, 7) is 1.75. The Labute approximate surface area is 128 Å². The number of piperidine rings is 1. The maximum atomic E-state index is 12.9. The van der Waals surface area contributed by atoms with Gasteiger partial charge in [0, 0.05) is 25.2 Å². The largest absolute Gasteiger partial charge is 0.481 e. The van der Waals surface area contributed by atoms with E-state index in [0.29, 0.717) is 11.9 Å². The fourth-order valence-electron chi connectivity index (χ4n) is 2.55. The average Bonchev–Trinajstić information content (AvgIpc) is 2.57. The van der Waals surface area contributed by atoms with Gasteiger partial charge in [-0.2, -0.15) is 0 Å². The van der Waals surface area contributed by atoms with Crippen molar-refractivity contribution in [3.63, 3.8) is 0 Å². The Balaban J connectivity index is 1.56. The lowest BCUT2D eigenvalue weighted by molar-refractivity contribution is 0.397. The highest BCUT2D eigenvalue weighted by atomic mass is 19.1. The van der Waals surface area contributed by atoms with Crippen LogP contribution in [0, 0.1) is 5.82 Å². The zero-order chi connectivity index (χ0) is 15.4. The molecule has 0 aromatic carbocycles. The van der Waals surface area contributed by atoms with Crippen LogP contribution in [0.3, 0.4) is 0 Å². The molecule has 2 aromatic rings. The summed E-state index contributed by atoms with van der Waals surface area (Å²) >= 11 is 0. The van der Waals surface area contributed by atoms with Gasteiger partial charge in [0.2, 0.25) is 5.88 Å². The minimum Gasteiger partial charge on any atom is -0.481 e. The predicted octanol–water partition coefficient (Wildman–Crippen LogP) is 2.10. The SMILES string of the molecule is COc1cc(NC2CCN(c3ccc(F)cn3)CC2)ncn1. The van der Waals surface area contributed by atoms with Gasteiger partial charge in [-0.25, -0.2) is 19.3 Å². The standard InChI is InChI=1S/C15H18FN5O/c1-22-15-8-13(18-10-19-15)20-12-4-6-21(7-5-12)14-3-2-11(16)9-17-14/h2-3,8-10,12H,4-7H2,1H3,(H,18,19,20). The van der Waals surface area contributed by atoms with E-state index < -0.39 is 0 Å². The Kier molecular flexibility index (Phi) is 4.32. The van der Waals surface area contributed by atoms with Crippen LogP contribution in [0.25, 0.3) is 0 Å². The molecule has 3 heterocycles. The van der Waals surface area contributed by atoms with Crippen LogP contribution in [-0.4, -0.2) is 41.2 Å². The summed E-state index contributed by atoms with van der Waals surface area (Å²) in [6, 6.07) is 5.29. The number of anilines is 2. The van der Waals surface area contributed by atoms with Crippen molar-refractivity contribution >= 4 is 11.6 Å². The number of hydrogen-bond acceptors (Lipinski definition) is 6. The average molecular weight is 303 g/mol. The zero-order valence-corrected chi connectivity index (χ0v) is 12.4. The summed E-state index contributed by atoms with van der Waals surface area (Å²) in [5.41, 5.74) is 0. The van der Waals surface area contributed by atoms with Crippen LogP contribution >= 0.6 is 0 Å². The molecule has 1 aliphatic rings. The number of hydrogen-bond donors (Lipinski definition) is 1. The molecule has 1 saturated heterocycles. The van der Waals surface area contributed by atoms with Crippen LogP contribution in [-0.2, 0) is 0 Å². The molecule has 1 aliphatic heterocycles. The monoisotopic (exact) mass is 303 g/mol. The number of halogens is 1. The van der Waals surface area contributed by atoms with Crippen molar-refractivity contribution in [2.45, 2.75) is 18.9 Å². The van der Waals surface area contributed by atoms with E-state index in [4.69, 9.17) is 4.74 Å². The van der Waals surface area contributed by atoms with Crippen molar-refractivity contribution < 1.29 is 9.13 Å². The van der Waals surface area contributed by atoms with Gasteiger partial charge in [-0.05, 0) is 25.0 Å². The second kappa shape index (κ2) is 6.55. The molecule has 7 heteroatoms. The summed E-state index contributed by atoms with van der Waals surface area (Å²) in [7, 11) is 1.58. The molecule has 0 spiro atoms. The summed E-state index contributed by atoms with van der Waals surface area (Å²) in [6.07, 6.45) is 4.67. The Morgan fingerprint density at radius 1 is 1.23 bits per heavy atom. The Morgan fingerprint density at radius 3 is 2.73 bits per heavy atom. The van der Waals surface area contributed by atoms with Gasteiger partial charge in [0.15, 0.2) is 0 Å². The number of aromatic nitrogens is 3. The van der Waals surface area contributed by atoms with E-state index in [-0.39, 0.29) is 5.82 Å². The van der Waals surface area contributed by atoms with E-state index in [9.17, 15) is 4.39 Å². The van der Waals surface area contributed by atoms with E-state index in [2.05, 4.69) is 25.2 Å². The second-order valence-corrected chi connectivity index (χ2v) is 5.19. The Bertz CT molecular complexity index is 614. The van der Waals surface area contributed by atoms with Gasteiger partial charge in [-0.1, -0.05) is 0 Å².